The van der Waals surface area contributed by atoms with Gasteiger partial charge in [-0.3, -0.25) is 0 Å². The van der Waals surface area contributed by atoms with Crippen LogP contribution in [0, 0.1) is 5.92 Å². The molecule has 0 aliphatic carbocycles. The highest BCUT2D eigenvalue weighted by Crippen LogP contribution is 2.17. The van der Waals surface area contributed by atoms with Crippen molar-refractivity contribution in [1.82, 2.24) is 4.31 Å². The molecule has 0 amide bonds. The predicted octanol–water partition coefficient (Wildman–Crippen LogP) is 2.25. The van der Waals surface area contributed by atoms with E-state index < -0.39 is 10.0 Å². The molecule has 0 aliphatic heterocycles. The van der Waals surface area contributed by atoms with Crippen LogP contribution in [0.25, 0.3) is 0 Å². The van der Waals surface area contributed by atoms with Gasteiger partial charge in [-0.25, -0.2) is 12.7 Å². The van der Waals surface area contributed by atoms with Gasteiger partial charge in [0, 0.05) is 26.7 Å². The van der Waals surface area contributed by atoms with Gasteiger partial charge < -0.3 is 10.5 Å². The smallest absolute Gasteiger partial charge is 0.242 e. The molecule has 7 heteroatoms. The Morgan fingerprint density at radius 3 is 2.50 bits per heavy atom. The third-order valence-corrected chi connectivity index (χ3v) is 5.40. The molecular formula is C15H27ClN2O3S. The highest BCUT2D eigenvalue weighted by molar-refractivity contribution is 7.89. The van der Waals surface area contributed by atoms with Gasteiger partial charge >= 0.3 is 0 Å². The molecule has 1 aromatic carbocycles. The minimum Gasteiger partial charge on any atom is -0.380 e. The third-order valence-electron chi connectivity index (χ3n) is 3.55. The quantitative estimate of drug-likeness (QED) is 0.780. The Morgan fingerprint density at radius 1 is 1.32 bits per heavy atom. The number of hydrogen-bond donors (Lipinski definition) is 1. The van der Waals surface area contributed by atoms with Crippen molar-refractivity contribution in [1.29, 1.82) is 0 Å². The van der Waals surface area contributed by atoms with Crippen molar-refractivity contribution >= 4 is 22.4 Å². The van der Waals surface area contributed by atoms with E-state index in [1.54, 1.807) is 32.4 Å². The van der Waals surface area contributed by atoms with Gasteiger partial charge in [0.2, 0.25) is 10.0 Å². The predicted molar refractivity (Wildman–Crippen MR) is 91.6 cm³/mol. The SMILES string of the molecule is COCc1cccc(S(=O)(=O)N(C)CCC(N)C(C)C)c1.Cl. The first-order valence-corrected chi connectivity index (χ1v) is 8.52. The summed E-state index contributed by atoms with van der Waals surface area (Å²) in [5.74, 6) is 0.339. The van der Waals surface area contributed by atoms with Crippen LogP contribution in [0.1, 0.15) is 25.8 Å². The maximum Gasteiger partial charge on any atom is 0.242 e. The van der Waals surface area contributed by atoms with E-state index in [0.29, 0.717) is 25.5 Å². The van der Waals surface area contributed by atoms with Crippen molar-refractivity contribution in [2.24, 2.45) is 11.7 Å². The van der Waals surface area contributed by atoms with Crippen molar-refractivity contribution in [3.63, 3.8) is 0 Å². The van der Waals surface area contributed by atoms with Gasteiger partial charge in [-0.2, -0.15) is 0 Å². The van der Waals surface area contributed by atoms with Crippen LogP contribution in [0.2, 0.25) is 0 Å². The van der Waals surface area contributed by atoms with E-state index in [4.69, 9.17) is 10.5 Å². The number of nitrogens with two attached hydrogens (primary N) is 1. The van der Waals surface area contributed by atoms with Crippen molar-refractivity contribution in [3.05, 3.63) is 29.8 Å². The van der Waals surface area contributed by atoms with Gasteiger partial charge in [0.25, 0.3) is 0 Å². The number of hydrogen-bond acceptors (Lipinski definition) is 4. The van der Waals surface area contributed by atoms with Crippen molar-refractivity contribution in [3.8, 4) is 0 Å². The van der Waals surface area contributed by atoms with Crippen molar-refractivity contribution in [2.75, 3.05) is 20.7 Å². The first kappa shape index (κ1) is 21.3. The molecule has 0 bridgehead atoms. The van der Waals surface area contributed by atoms with E-state index in [1.807, 2.05) is 19.9 Å². The van der Waals surface area contributed by atoms with Gasteiger partial charge in [0.15, 0.2) is 0 Å². The van der Waals surface area contributed by atoms with Crippen LogP contribution < -0.4 is 5.73 Å². The van der Waals surface area contributed by atoms with Crippen molar-refractivity contribution in [2.45, 2.75) is 37.8 Å². The second-order valence-electron chi connectivity index (χ2n) is 5.60. The van der Waals surface area contributed by atoms with E-state index in [-0.39, 0.29) is 23.3 Å². The summed E-state index contributed by atoms with van der Waals surface area (Å²) in [5, 5.41) is 0. The van der Waals surface area contributed by atoms with Crippen LogP contribution in [0.15, 0.2) is 29.2 Å². The summed E-state index contributed by atoms with van der Waals surface area (Å²) in [4.78, 5) is 0.290. The Hall–Kier alpha value is -0.660. The monoisotopic (exact) mass is 350 g/mol. The van der Waals surface area contributed by atoms with Crippen LogP contribution in [0.4, 0.5) is 0 Å². The zero-order chi connectivity index (χ0) is 16.0. The molecule has 128 valence electrons. The molecule has 0 aromatic heterocycles. The second-order valence-corrected chi connectivity index (χ2v) is 7.65. The molecule has 1 unspecified atom stereocenters. The molecular weight excluding hydrogens is 324 g/mol. The molecule has 0 fully saturated rings. The lowest BCUT2D eigenvalue weighted by atomic mass is 10.0. The molecule has 0 aliphatic rings. The van der Waals surface area contributed by atoms with E-state index in [1.165, 1.54) is 4.31 Å². The van der Waals surface area contributed by atoms with E-state index in [9.17, 15) is 8.42 Å². The minimum atomic E-state index is -3.48. The van der Waals surface area contributed by atoms with Crippen molar-refractivity contribution < 1.29 is 13.2 Å². The number of halogens is 1. The normalized spacial score (nSPS) is 13.2. The number of rotatable bonds is 8. The molecule has 5 nitrogen and oxygen atoms in total. The Balaban J connectivity index is 0.00000441. The minimum absolute atomic E-state index is 0. The first-order valence-electron chi connectivity index (χ1n) is 7.08. The standard InChI is InChI=1S/C15H26N2O3S.ClH/c1-12(2)15(16)8-9-17(3)21(18,19)14-7-5-6-13(10-14)11-20-4;/h5-7,10,12,15H,8-9,11,16H2,1-4H3;1H. The van der Waals surface area contributed by atoms with Crippen LogP contribution in [0.5, 0.6) is 0 Å². The summed E-state index contributed by atoms with van der Waals surface area (Å²) in [6, 6.07) is 6.83. The summed E-state index contributed by atoms with van der Waals surface area (Å²) in [5.41, 5.74) is 6.81. The van der Waals surface area contributed by atoms with E-state index in [0.717, 1.165) is 5.56 Å². The van der Waals surface area contributed by atoms with Gasteiger partial charge in [-0.05, 0) is 30.0 Å². The lowest BCUT2D eigenvalue weighted by molar-refractivity contribution is 0.184. The molecule has 2 N–H and O–H groups in total. The summed E-state index contributed by atoms with van der Waals surface area (Å²) in [6.07, 6.45) is 0.644. The van der Waals surface area contributed by atoms with Gasteiger partial charge in [0.05, 0.1) is 11.5 Å². The Kier molecular flexibility index (Phi) is 9.19. The van der Waals surface area contributed by atoms with Gasteiger partial charge in [-0.15, -0.1) is 12.4 Å². The maximum absolute atomic E-state index is 12.5. The van der Waals surface area contributed by atoms with E-state index >= 15 is 0 Å². The lowest BCUT2D eigenvalue weighted by Gasteiger charge is -2.21. The lowest BCUT2D eigenvalue weighted by Crippen LogP contribution is -2.34. The molecule has 1 aromatic rings. The largest absolute Gasteiger partial charge is 0.380 e. The number of sulfonamides is 1. The fraction of sp³-hybridized carbons (Fsp3) is 0.600. The Bertz CT molecular complexity index is 549. The third kappa shape index (κ3) is 5.85. The fourth-order valence-electron chi connectivity index (χ4n) is 1.93. The molecule has 22 heavy (non-hydrogen) atoms. The molecule has 0 heterocycles. The number of ether oxygens (including phenoxy) is 1. The van der Waals surface area contributed by atoms with Gasteiger partial charge in [0.1, 0.15) is 0 Å². The molecule has 0 saturated carbocycles. The van der Waals surface area contributed by atoms with Crippen LogP contribution >= 0.6 is 12.4 Å². The fourth-order valence-corrected chi connectivity index (χ4v) is 3.18. The second kappa shape index (κ2) is 9.47. The molecule has 1 atom stereocenters. The molecule has 0 saturated heterocycles. The zero-order valence-corrected chi connectivity index (χ0v) is 15.3. The highest BCUT2D eigenvalue weighted by Gasteiger charge is 2.21. The topological polar surface area (TPSA) is 72.6 Å². The summed E-state index contributed by atoms with van der Waals surface area (Å²) in [6.45, 7) is 4.88. The highest BCUT2D eigenvalue weighted by atomic mass is 35.5. The average Bonchev–Trinajstić information content (AvgIpc) is 2.44. The zero-order valence-electron chi connectivity index (χ0n) is 13.7. The number of methoxy groups -OCH3 is 1. The molecule has 1 rings (SSSR count). The van der Waals surface area contributed by atoms with Crippen LogP contribution in [0.3, 0.4) is 0 Å². The summed E-state index contributed by atoms with van der Waals surface area (Å²) < 4.78 is 31.4. The molecule has 0 spiro atoms. The van der Waals surface area contributed by atoms with Gasteiger partial charge in [-0.1, -0.05) is 26.0 Å². The first-order chi connectivity index (χ1) is 9.78. The number of benzene rings is 1. The molecule has 0 radical (unpaired) electrons. The average molecular weight is 351 g/mol. The van der Waals surface area contributed by atoms with Crippen LogP contribution in [-0.4, -0.2) is 39.5 Å². The number of nitrogens with zero attached hydrogens (tertiary/aromatic N) is 1. The van der Waals surface area contributed by atoms with E-state index in [2.05, 4.69) is 0 Å². The Labute approximate surface area is 140 Å². The maximum atomic E-state index is 12.5. The van der Waals surface area contributed by atoms with Crippen LogP contribution in [-0.2, 0) is 21.4 Å². The Morgan fingerprint density at radius 2 is 1.95 bits per heavy atom. The summed E-state index contributed by atoms with van der Waals surface area (Å²) in [7, 11) is -0.306. The summed E-state index contributed by atoms with van der Waals surface area (Å²) >= 11 is 0.